The summed E-state index contributed by atoms with van der Waals surface area (Å²) in [5.41, 5.74) is 1.91. The summed E-state index contributed by atoms with van der Waals surface area (Å²) in [5.74, 6) is -0.0139. The number of nitro benzene ring substituents is 1. The Bertz CT molecular complexity index is 1100. The molecule has 2 heterocycles. The van der Waals surface area contributed by atoms with Gasteiger partial charge in [-0.2, -0.15) is 0 Å². The Balaban J connectivity index is 1.63. The Kier molecular flexibility index (Phi) is 5.55. The molecule has 1 fully saturated rings. The largest absolute Gasteiger partial charge is 0.364 e. The number of carbonyl (C=O) groups excluding carboxylic acids is 1. The number of anilines is 1. The van der Waals surface area contributed by atoms with Crippen LogP contribution in [0, 0.1) is 10.1 Å². The lowest BCUT2D eigenvalue weighted by molar-refractivity contribution is -0.383. The molecule has 154 valence electrons. The van der Waals surface area contributed by atoms with E-state index >= 15 is 0 Å². The first-order chi connectivity index (χ1) is 14.5. The number of piperazine rings is 1. The number of amides is 1. The van der Waals surface area contributed by atoms with Gasteiger partial charge in [0.2, 0.25) is 0 Å². The first-order valence-corrected chi connectivity index (χ1v) is 10.2. The van der Waals surface area contributed by atoms with E-state index in [1.807, 2.05) is 11.0 Å². The molecule has 8 heteroatoms. The van der Waals surface area contributed by atoms with Crippen LogP contribution in [0.3, 0.4) is 0 Å². The van der Waals surface area contributed by atoms with Crippen LogP contribution < -0.4 is 4.90 Å². The highest BCUT2D eigenvalue weighted by Gasteiger charge is 2.31. The van der Waals surface area contributed by atoms with Crippen molar-refractivity contribution in [2.75, 3.05) is 24.5 Å². The average Bonchev–Trinajstić information content (AvgIpc) is 2.78. The summed E-state index contributed by atoms with van der Waals surface area (Å²) in [7, 11) is 0. The number of hydrogen-bond acceptors (Lipinski definition) is 5. The Hall–Kier alpha value is -3.19. The van der Waals surface area contributed by atoms with Gasteiger partial charge in [0.05, 0.1) is 4.92 Å². The summed E-state index contributed by atoms with van der Waals surface area (Å²) in [4.78, 5) is 32.3. The minimum Gasteiger partial charge on any atom is -0.364 e. The number of rotatable bonds is 4. The molecular formula is C22H21ClN4O3. The van der Waals surface area contributed by atoms with Crippen LogP contribution in [0.2, 0.25) is 5.02 Å². The lowest BCUT2D eigenvalue weighted by Gasteiger charge is -2.43. The fourth-order valence-electron chi connectivity index (χ4n) is 4.02. The van der Waals surface area contributed by atoms with Gasteiger partial charge in [-0.1, -0.05) is 18.5 Å². The predicted molar refractivity (Wildman–Crippen MR) is 117 cm³/mol. The summed E-state index contributed by atoms with van der Waals surface area (Å²) in [6.45, 7) is 3.87. The minimum absolute atomic E-state index is 0.000972. The molecule has 0 spiro atoms. The normalized spacial score (nSPS) is 16.7. The number of pyridine rings is 1. The standard InChI is InChI=1S/C22H21ClN4O3/c1-2-17-14-25(22(28)15-5-7-16(23)8-6-15)12-13-26(17)19-9-10-20(27(29)30)21-18(19)4-3-11-24-21/h3-11,17H,2,12-14H2,1H3. The van der Waals surface area contributed by atoms with E-state index in [-0.39, 0.29) is 17.6 Å². The van der Waals surface area contributed by atoms with Gasteiger partial charge < -0.3 is 9.80 Å². The molecule has 1 aliphatic rings. The van der Waals surface area contributed by atoms with Crippen LogP contribution in [-0.2, 0) is 0 Å². The van der Waals surface area contributed by atoms with Crippen LogP contribution in [0.25, 0.3) is 10.9 Å². The lowest BCUT2D eigenvalue weighted by atomic mass is 10.0. The summed E-state index contributed by atoms with van der Waals surface area (Å²) in [5, 5.41) is 12.7. The molecule has 0 N–H and O–H groups in total. The van der Waals surface area contributed by atoms with Crippen LogP contribution in [0.15, 0.2) is 54.7 Å². The molecule has 0 saturated carbocycles. The van der Waals surface area contributed by atoms with Gasteiger partial charge in [0.1, 0.15) is 5.52 Å². The summed E-state index contributed by atoms with van der Waals surface area (Å²) in [6, 6.07) is 14.0. The molecule has 1 aliphatic heterocycles. The van der Waals surface area contributed by atoms with E-state index < -0.39 is 4.92 Å². The van der Waals surface area contributed by atoms with Crippen molar-refractivity contribution in [3.63, 3.8) is 0 Å². The first-order valence-electron chi connectivity index (χ1n) is 9.83. The second-order valence-electron chi connectivity index (χ2n) is 7.27. The Labute approximate surface area is 179 Å². The van der Waals surface area contributed by atoms with E-state index in [0.29, 0.717) is 35.7 Å². The first kappa shape index (κ1) is 20.1. The SMILES string of the molecule is CCC1CN(C(=O)c2ccc(Cl)cc2)CCN1c1ccc([N+](=O)[O-])c2ncccc12. The lowest BCUT2D eigenvalue weighted by Crippen LogP contribution is -2.54. The van der Waals surface area contributed by atoms with Gasteiger partial charge in [0.25, 0.3) is 11.6 Å². The number of halogens is 1. The molecule has 0 bridgehead atoms. The Morgan fingerprint density at radius 1 is 1.20 bits per heavy atom. The molecule has 0 aliphatic carbocycles. The summed E-state index contributed by atoms with van der Waals surface area (Å²) >= 11 is 5.93. The van der Waals surface area contributed by atoms with Gasteiger partial charge >= 0.3 is 0 Å². The third kappa shape index (κ3) is 3.68. The number of hydrogen-bond donors (Lipinski definition) is 0. The van der Waals surface area contributed by atoms with Gasteiger partial charge in [-0.3, -0.25) is 14.9 Å². The summed E-state index contributed by atoms with van der Waals surface area (Å²) < 4.78 is 0. The molecule has 30 heavy (non-hydrogen) atoms. The number of nitro groups is 1. The molecule has 1 aromatic heterocycles. The van der Waals surface area contributed by atoms with E-state index in [1.54, 1.807) is 42.6 Å². The number of aromatic nitrogens is 1. The monoisotopic (exact) mass is 424 g/mol. The van der Waals surface area contributed by atoms with Gasteiger partial charge in [0.15, 0.2) is 0 Å². The highest BCUT2D eigenvalue weighted by molar-refractivity contribution is 6.30. The number of carbonyl (C=O) groups is 1. The van der Waals surface area contributed by atoms with E-state index in [9.17, 15) is 14.9 Å². The fourth-order valence-corrected chi connectivity index (χ4v) is 4.15. The van der Waals surface area contributed by atoms with E-state index in [4.69, 9.17) is 11.6 Å². The molecule has 1 amide bonds. The van der Waals surface area contributed by atoms with Crippen molar-refractivity contribution < 1.29 is 9.72 Å². The molecule has 7 nitrogen and oxygen atoms in total. The molecule has 1 saturated heterocycles. The molecule has 2 aromatic carbocycles. The zero-order valence-electron chi connectivity index (χ0n) is 16.5. The topological polar surface area (TPSA) is 79.6 Å². The van der Waals surface area contributed by atoms with Crippen molar-refractivity contribution in [1.82, 2.24) is 9.88 Å². The van der Waals surface area contributed by atoms with Crippen molar-refractivity contribution in [2.45, 2.75) is 19.4 Å². The predicted octanol–water partition coefficient (Wildman–Crippen LogP) is 4.54. The Morgan fingerprint density at radius 2 is 1.97 bits per heavy atom. The highest BCUT2D eigenvalue weighted by Crippen LogP contribution is 2.34. The van der Waals surface area contributed by atoms with Crippen LogP contribution in [0.5, 0.6) is 0 Å². The van der Waals surface area contributed by atoms with Crippen molar-refractivity contribution in [3.8, 4) is 0 Å². The van der Waals surface area contributed by atoms with E-state index in [2.05, 4.69) is 16.8 Å². The number of non-ortho nitro benzene ring substituents is 1. The van der Waals surface area contributed by atoms with Crippen LogP contribution >= 0.6 is 11.6 Å². The molecule has 1 unspecified atom stereocenters. The number of fused-ring (bicyclic) bond motifs is 1. The quantitative estimate of drug-likeness (QED) is 0.454. The molecule has 3 aromatic rings. The van der Waals surface area contributed by atoms with Crippen molar-refractivity contribution >= 4 is 39.8 Å². The van der Waals surface area contributed by atoms with Crippen LogP contribution in [0.1, 0.15) is 23.7 Å². The fraction of sp³-hybridized carbons (Fsp3) is 0.273. The molecular weight excluding hydrogens is 404 g/mol. The third-order valence-corrected chi connectivity index (χ3v) is 5.82. The highest BCUT2D eigenvalue weighted by atomic mass is 35.5. The van der Waals surface area contributed by atoms with Gasteiger partial charge in [0, 0.05) is 59.6 Å². The van der Waals surface area contributed by atoms with Gasteiger partial charge in [-0.25, -0.2) is 4.98 Å². The maximum Gasteiger partial charge on any atom is 0.295 e. The Morgan fingerprint density at radius 3 is 2.67 bits per heavy atom. The smallest absolute Gasteiger partial charge is 0.295 e. The van der Waals surface area contributed by atoms with Crippen LogP contribution in [-0.4, -0.2) is 46.4 Å². The van der Waals surface area contributed by atoms with Crippen molar-refractivity contribution in [1.29, 1.82) is 0 Å². The van der Waals surface area contributed by atoms with E-state index in [1.165, 1.54) is 6.07 Å². The van der Waals surface area contributed by atoms with E-state index in [0.717, 1.165) is 17.5 Å². The maximum absolute atomic E-state index is 12.9. The number of nitrogens with zero attached hydrogens (tertiary/aromatic N) is 4. The second kappa shape index (κ2) is 8.28. The zero-order chi connectivity index (χ0) is 21.3. The van der Waals surface area contributed by atoms with Crippen LogP contribution in [0.4, 0.5) is 11.4 Å². The third-order valence-electron chi connectivity index (χ3n) is 5.56. The van der Waals surface area contributed by atoms with Gasteiger partial charge in [-0.05, 0) is 48.9 Å². The summed E-state index contributed by atoms with van der Waals surface area (Å²) in [6.07, 6.45) is 2.41. The second-order valence-corrected chi connectivity index (χ2v) is 7.71. The average molecular weight is 425 g/mol. The molecule has 4 rings (SSSR count). The van der Waals surface area contributed by atoms with Gasteiger partial charge in [-0.15, -0.1) is 0 Å². The maximum atomic E-state index is 12.9. The minimum atomic E-state index is -0.404. The zero-order valence-corrected chi connectivity index (χ0v) is 17.2. The molecule has 1 atom stereocenters. The molecule has 0 radical (unpaired) electrons. The van der Waals surface area contributed by atoms with Crippen molar-refractivity contribution in [3.05, 3.63) is 75.4 Å². The number of benzene rings is 2. The van der Waals surface area contributed by atoms with Crippen molar-refractivity contribution in [2.24, 2.45) is 0 Å².